The molecule has 2 heterocycles. The van der Waals surface area contributed by atoms with Gasteiger partial charge < -0.3 is 14.4 Å². The first-order valence-corrected chi connectivity index (χ1v) is 8.18. The largest absolute Gasteiger partial charge is 0.481 e. The van der Waals surface area contributed by atoms with Crippen LogP contribution in [0.15, 0.2) is 42.5 Å². The Morgan fingerprint density at radius 1 is 1.25 bits per heavy atom. The molecule has 3 rings (SSSR count). The van der Waals surface area contributed by atoms with E-state index in [2.05, 4.69) is 4.98 Å². The third-order valence-corrected chi connectivity index (χ3v) is 4.36. The van der Waals surface area contributed by atoms with Crippen LogP contribution in [0.1, 0.15) is 35.7 Å². The van der Waals surface area contributed by atoms with E-state index in [-0.39, 0.29) is 12.1 Å². The fourth-order valence-electron chi connectivity index (χ4n) is 3.13. The van der Waals surface area contributed by atoms with E-state index in [0.29, 0.717) is 19.0 Å². The molecule has 5 heteroatoms. The number of ether oxygens (including phenoxy) is 2. The Kier molecular flexibility index (Phi) is 4.99. The number of benzene rings is 1. The van der Waals surface area contributed by atoms with E-state index in [1.165, 1.54) is 0 Å². The molecule has 0 bridgehead atoms. The van der Waals surface area contributed by atoms with Gasteiger partial charge in [-0.05, 0) is 37.0 Å². The van der Waals surface area contributed by atoms with Crippen LogP contribution in [-0.4, -0.2) is 29.6 Å². The molecule has 1 aliphatic rings. The second-order valence-corrected chi connectivity index (χ2v) is 5.92. The van der Waals surface area contributed by atoms with Crippen molar-refractivity contribution >= 4 is 6.09 Å². The molecule has 0 N–H and O–H groups in total. The Hall–Kier alpha value is -2.56. The first kappa shape index (κ1) is 16.3. The van der Waals surface area contributed by atoms with Gasteiger partial charge in [0.1, 0.15) is 6.61 Å². The van der Waals surface area contributed by atoms with E-state index in [1.54, 1.807) is 12.0 Å². The molecule has 1 amide bonds. The topological polar surface area (TPSA) is 51.7 Å². The number of likely N-dealkylation sites (tertiary alicyclic amines) is 1. The zero-order chi connectivity index (χ0) is 16.9. The van der Waals surface area contributed by atoms with Gasteiger partial charge in [-0.3, -0.25) is 0 Å². The number of aromatic nitrogens is 1. The van der Waals surface area contributed by atoms with Crippen molar-refractivity contribution < 1.29 is 14.3 Å². The normalized spacial score (nSPS) is 16.9. The Labute approximate surface area is 142 Å². The van der Waals surface area contributed by atoms with Gasteiger partial charge in [0.2, 0.25) is 5.88 Å². The maximum atomic E-state index is 12.5. The predicted octanol–water partition coefficient (Wildman–Crippen LogP) is 3.87. The number of nitrogens with zero attached hydrogens (tertiary/aromatic N) is 2. The third-order valence-electron chi connectivity index (χ3n) is 4.36. The lowest BCUT2D eigenvalue weighted by molar-refractivity contribution is 0.0919. The molecule has 24 heavy (non-hydrogen) atoms. The molecule has 0 saturated carbocycles. The van der Waals surface area contributed by atoms with Crippen molar-refractivity contribution in [2.24, 2.45) is 0 Å². The highest BCUT2D eigenvalue weighted by atomic mass is 16.6. The summed E-state index contributed by atoms with van der Waals surface area (Å²) in [5.74, 6) is 0.590. The van der Waals surface area contributed by atoms with Gasteiger partial charge in [-0.2, -0.15) is 0 Å². The molecule has 1 aromatic carbocycles. The number of hydrogen-bond donors (Lipinski definition) is 0. The van der Waals surface area contributed by atoms with E-state index < -0.39 is 0 Å². The van der Waals surface area contributed by atoms with Crippen LogP contribution in [0, 0.1) is 6.92 Å². The average Bonchev–Trinajstić information content (AvgIpc) is 3.10. The Morgan fingerprint density at radius 2 is 2.04 bits per heavy atom. The van der Waals surface area contributed by atoms with Gasteiger partial charge in [-0.15, -0.1) is 0 Å². The van der Waals surface area contributed by atoms with Gasteiger partial charge in [-0.1, -0.05) is 30.3 Å². The summed E-state index contributed by atoms with van der Waals surface area (Å²) in [6.45, 7) is 2.95. The van der Waals surface area contributed by atoms with Gasteiger partial charge in [0.05, 0.1) is 13.2 Å². The summed E-state index contributed by atoms with van der Waals surface area (Å²) in [4.78, 5) is 18.7. The standard InChI is InChI=1S/C19H22N2O3/c1-14-16(10-11-18(20-14)23-2)17-9-6-12-21(17)19(22)24-13-15-7-4-3-5-8-15/h3-5,7-8,10-11,17H,6,9,12-13H2,1-2H3/t17-/m1/s1. The molecule has 1 saturated heterocycles. The third kappa shape index (κ3) is 3.50. The highest BCUT2D eigenvalue weighted by Crippen LogP contribution is 2.34. The summed E-state index contributed by atoms with van der Waals surface area (Å²) in [6, 6.07) is 13.6. The minimum absolute atomic E-state index is 0.0201. The number of carbonyl (C=O) groups is 1. The van der Waals surface area contributed by atoms with Crippen LogP contribution in [0.4, 0.5) is 4.79 Å². The summed E-state index contributed by atoms with van der Waals surface area (Å²) in [5, 5.41) is 0. The van der Waals surface area contributed by atoms with Crippen molar-refractivity contribution in [1.82, 2.24) is 9.88 Å². The number of rotatable bonds is 4. The first-order chi connectivity index (χ1) is 11.7. The van der Waals surface area contributed by atoms with E-state index in [9.17, 15) is 4.79 Å². The van der Waals surface area contributed by atoms with Crippen molar-refractivity contribution in [3.8, 4) is 5.88 Å². The molecule has 126 valence electrons. The monoisotopic (exact) mass is 326 g/mol. The van der Waals surface area contributed by atoms with Gasteiger partial charge >= 0.3 is 6.09 Å². The van der Waals surface area contributed by atoms with Crippen LogP contribution in [0.5, 0.6) is 5.88 Å². The van der Waals surface area contributed by atoms with E-state index >= 15 is 0 Å². The number of methoxy groups -OCH3 is 1. The van der Waals surface area contributed by atoms with Crippen LogP contribution in [0.2, 0.25) is 0 Å². The molecule has 0 aliphatic carbocycles. The lowest BCUT2D eigenvalue weighted by Gasteiger charge is -2.25. The molecule has 2 aromatic rings. The van der Waals surface area contributed by atoms with Crippen molar-refractivity contribution in [2.45, 2.75) is 32.4 Å². The minimum atomic E-state index is -0.267. The van der Waals surface area contributed by atoms with Gasteiger partial charge in [0, 0.05) is 18.3 Å². The Bertz CT molecular complexity index is 703. The summed E-state index contributed by atoms with van der Waals surface area (Å²) in [7, 11) is 1.60. The summed E-state index contributed by atoms with van der Waals surface area (Å²) in [6.07, 6.45) is 1.63. The molecule has 5 nitrogen and oxygen atoms in total. The molecule has 0 unspecified atom stereocenters. The van der Waals surface area contributed by atoms with Crippen LogP contribution in [0.3, 0.4) is 0 Å². The quantitative estimate of drug-likeness (QED) is 0.856. The molecular formula is C19H22N2O3. The smallest absolute Gasteiger partial charge is 0.410 e. The van der Waals surface area contributed by atoms with E-state index in [1.807, 2.05) is 49.4 Å². The molecule has 1 fully saturated rings. The predicted molar refractivity (Wildman–Crippen MR) is 90.8 cm³/mol. The van der Waals surface area contributed by atoms with Crippen molar-refractivity contribution in [2.75, 3.05) is 13.7 Å². The highest BCUT2D eigenvalue weighted by molar-refractivity contribution is 5.69. The van der Waals surface area contributed by atoms with Crippen LogP contribution >= 0.6 is 0 Å². The van der Waals surface area contributed by atoms with Crippen LogP contribution in [-0.2, 0) is 11.3 Å². The van der Waals surface area contributed by atoms with Crippen LogP contribution < -0.4 is 4.74 Å². The number of pyridine rings is 1. The molecule has 1 aliphatic heterocycles. The summed E-state index contributed by atoms with van der Waals surface area (Å²) in [5.41, 5.74) is 2.94. The summed E-state index contributed by atoms with van der Waals surface area (Å²) < 4.78 is 10.6. The first-order valence-electron chi connectivity index (χ1n) is 8.18. The van der Waals surface area contributed by atoms with Gasteiger partial charge in [-0.25, -0.2) is 9.78 Å². The molecule has 0 radical (unpaired) electrons. The van der Waals surface area contributed by atoms with Gasteiger partial charge in [0.25, 0.3) is 0 Å². The molecular weight excluding hydrogens is 304 g/mol. The lowest BCUT2D eigenvalue weighted by Crippen LogP contribution is -2.31. The van der Waals surface area contributed by atoms with Gasteiger partial charge in [0.15, 0.2) is 0 Å². The zero-order valence-corrected chi connectivity index (χ0v) is 14.1. The Balaban J connectivity index is 1.69. The summed E-state index contributed by atoms with van der Waals surface area (Å²) >= 11 is 0. The Morgan fingerprint density at radius 3 is 2.75 bits per heavy atom. The highest BCUT2D eigenvalue weighted by Gasteiger charge is 2.32. The average molecular weight is 326 g/mol. The fourth-order valence-corrected chi connectivity index (χ4v) is 3.13. The minimum Gasteiger partial charge on any atom is -0.481 e. The number of amides is 1. The SMILES string of the molecule is COc1ccc([C@H]2CCCN2C(=O)OCc2ccccc2)c(C)n1. The van der Waals surface area contributed by atoms with Crippen molar-refractivity contribution in [3.05, 3.63) is 59.3 Å². The fraction of sp³-hybridized carbons (Fsp3) is 0.368. The van der Waals surface area contributed by atoms with E-state index in [0.717, 1.165) is 29.7 Å². The maximum Gasteiger partial charge on any atom is 0.410 e. The number of carbonyl (C=O) groups excluding carboxylic acids is 1. The second-order valence-electron chi connectivity index (χ2n) is 5.92. The maximum absolute atomic E-state index is 12.5. The van der Waals surface area contributed by atoms with Crippen molar-refractivity contribution in [3.63, 3.8) is 0 Å². The molecule has 1 atom stereocenters. The second kappa shape index (κ2) is 7.34. The zero-order valence-electron chi connectivity index (χ0n) is 14.1. The number of aryl methyl sites for hydroxylation is 1. The number of hydrogen-bond acceptors (Lipinski definition) is 4. The van der Waals surface area contributed by atoms with E-state index in [4.69, 9.17) is 9.47 Å². The molecule has 0 spiro atoms. The van der Waals surface area contributed by atoms with Crippen LogP contribution in [0.25, 0.3) is 0 Å². The molecule has 1 aromatic heterocycles. The van der Waals surface area contributed by atoms with Crippen molar-refractivity contribution in [1.29, 1.82) is 0 Å². The lowest BCUT2D eigenvalue weighted by atomic mass is 10.0.